The summed E-state index contributed by atoms with van der Waals surface area (Å²) in [6.45, 7) is 0. The highest BCUT2D eigenvalue weighted by molar-refractivity contribution is 8.15. The summed E-state index contributed by atoms with van der Waals surface area (Å²) in [6, 6.07) is 33.2. The van der Waals surface area contributed by atoms with Gasteiger partial charge in [-0.1, -0.05) is 54.6 Å². The first kappa shape index (κ1) is 17.0. The third-order valence-corrected chi connectivity index (χ3v) is 9.04. The van der Waals surface area contributed by atoms with Gasteiger partial charge < -0.3 is 4.39 Å². The molecule has 24 heavy (non-hydrogen) atoms. The topological polar surface area (TPSA) is 0 Å². The molecular weight excluding hydrogens is 308 g/mol. The predicted octanol–water partition coefficient (Wildman–Crippen LogP) is 2.95. The van der Waals surface area contributed by atoms with Gasteiger partial charge in [-0.2, -0.15) is 0 Å². The molecule has 0 aliphatic carbocycles. The second-order valence-corrected chi connectivity index (χ2v) is 10.7. The molecule has 0 unspecified atom stereocenters. The molecule has 0 aromatic heterocycles. The van der Waals surface area contributed by atoms with E-state index < -0.39 is 7.14 Å². The summed E-state index contributed by atoms with van der Waals surface area (Å²) in [6.07, 6.45) is 0. The lowest BCUT2D eigenvalue weighted by Crippen LogP contribution is -2.48. The minimum atomic E-state index is -1.70. The Morgan fingerprint density at radius 1 is 0.542 bits per heavy atom. The van der Waals surface area contributed by atoms with Crippen LogP contribution in [0.2, 0.25) is 0 Å². The smallest absolute Gasteiger partial charge is 0.365 e. The van der Waals surface area contributed by atoms with Crippen LogP contribution in [0.3, 0.4) is 0 Å². The van der Waals surface area contributed by atoms with Gasteiger partial charge in [0.05, 0.1) is 37.1 Å². The summed E-state index contributed by atoms with van der Waals surface area (Å²) in [7, 11) is 6.29. The molecule has 3 rings (SSSR count). The fourth-order valence-corrected chi connectivity index (χ4v) is 8.08. The molecule has 3 heteroatoms. The van der Waals surface area contributed by atoms with Gasteiger partial charge >= 0.3 is 7.13 Å². The zero-order valence-electron chi connectivity index (χ0n) is 14.8. The molecule has 0 spiro atoms. The van der Waals surface area contributed by atoms with Crippen LogP contribution in [-0.4, -0.2) is 32.7 Å². The van der Waals surface area contributed by atoms with Crippen LogP contribution in [0.25, 0.3) is 0 Å². The van der Waals surface area contributed by atoms with E-state index in [0.717, 1.165) is 11.5 Å². The molecule has 3 aromatic carbocycles. The molecule has 0 aliphatic heterocycles. The summed E-state index contributed by atoms with van der Waals surface area (Å²) in [4.78, 5) is 0. The van der Waals surface area contributed by atoms with Crippen LogP contribution < -0.4 is 15.9 Å². The summed E-state index contributed by atoms with van der Waals surface area (Å²) in [5, 5.41) is 4.36. The highest BCUT2D eigenvalue weighted by atomic mass is 31.2. The Kier molecular flexibility index (Phi) is 4.89. The minimum Gasteiger partial charge on any atom is -0.365 e. The van der Waals surface area contributed by atoms with Crippen molar-refractivity contribution in [3.8, 4) is 0 Å². The number of rotatable bonds is 5. The Morgan fingerprint density at radius 2 is 0.833 bits per heavy atom. The average Bonchev–Trinajstić information content (AvgIpc) is 2.61. The van der Waals surface area contributed by atoms with E-state index in [1.807, 2.05) is 0 Å². The van der Waals surface area contributed by atoms with Crippen LogP contribution >= 0.6 is 7.14 Å². The van der Waals surface area contributed by atoms with Crippen molar-refractivity contribution in [3.63, 3.8) is 0 Å². The number of hydrogen-bond acceptors (Lipinski definition) is 0. The highest BCUT2D eigenvalue weighted by Gasteiger charge is 2.53. The van der Waals surface area contributed by atoms with Crippen LogP contribution in [-0.2, 0) is 0 Å². The normalized spacial score (nSPS) is 12.0. The van der Waals surface area contributed by atoms with E-state index in [2.05, 4.69) is 112 Å². The number of hydrogen-bond donors (Lipinski definition) is 0. The SMILES string of the molecule is C[N+](C)(C)B[P+](c1ccccc1)(c1ccccc1)c1ccccc1. The first-order valence-electron chi connectivity index (χ1n) is 8.38. The quantitative estimate of drug-likeness (QED) is 0.497. The number of benzene rings is 3. The zero-order chi connectivity index (χ0) is 17.0. The van der Waals surface area contributed by atoms with Crippen molar-refractivity contribution >= 4 is 30.2 Å². The van der Waals surface area contributed by atoms with E-state index in [1.165, 1.54) is 15.9 Å². The molecule has 120 valence electrons. The standard InChI is InChI=1S/C21H25BNP/c1-23(2,3)22-24(19-13-7-4-8-14-19,20-15-9-5-10-16-20)21-17-11-6-12-18-21/h4-18,22H,1-3H3/q+2. The molecule has 0 atom stereocenters. The van der Waals surface area contributed by atoms with Crippen molar-refractivity contribution in [3.05, 3.63) is 91.0 Å². The Bertz CT molecular complexity index is 671. The van der Waals surface area contributed by atoms with Crippen molar-refractivity contribution in [2.45, 2.75) is 0 Å². The maximum Gasteiger partial charge on any atom is 0.595 e. The van der Waals surface area contributed by atoms with E-state index in [9.17, 15) is 0 Å². The van der Waals surface area contributed by atoms with Crippen LogP contribution in [0, 0.1) is 0 Å². The Hall–Kier alpha value is -1.89. The molecule has 0 aliphatic rings. The largest absolute Gasteiger partial charge is 0.595 e. The van der Waals surface area contributed by atoms with E-state index >= 15 is 0 Å². The third kappa shape index (κ3) is 3.46. The van der Waals surface area contributed by atoms with E-state index in [4.69, 9.17) is 0 Å². The lowest BCUT2D eigenvalue weighted by molar-refractivity contribution is -0.752. The first-order chi connectivity index (χ1) is 11.5. The van der Waals surface area contributed by atoms with Gasteiger partial charge in [-0.15, -0.1) is 0 Å². The average molecular weight is 333 g/mol. The predicted molar refractivity (Wildman–Crippen MR) is 110 cm³/mol. The summed E-state index contributed by atoms with van der Waals surface area (Å²) in [5.41, 5.74) is 0. The molecule has 0 saturated carbocycles. The third-order valence-electron chi connectivity index (χ3n) is 4.23. The fourth-order valence-electron chi connectivity index (χ4n) is 3.38. The first-order valence-corrected chi connectivity index (χ1v) is 10.4. The summed E-state index contributed by atoms with van der Waals surface area (Å²) >= 11 is 0. The molecule has 0 amide bonds. The lowest BCUT2D eigenvalue weighted by atomic mass is 10.3. The van der Waals surface area contributed by atoms with Crippen molar-refractivity contribution in [2.24, 2.45) is 0 Å². The van der Waals surface area contributed by atoms with E-state index in [1.54, 1.807) is 0 Å². The van der Waals surface area contributed by atoms with E-state index in [0.29, 0.717) is 0 Å². The van der Waals surface area contributed by atoms with Crippen molar-refractivity contribution in [1.29, 1.82) is 0 Å². The van der Waals surface area contributed by atoms with Gasteiger partial charge in [0.25, 0.3) is 0 Å². The van der Waals surface area contributed by atoms with Gasteiger partial charge in [0.2, 0.25) is 0 Å². The van der Waals surface area contributed by atoms with Crippen LogP contribution in [0.5, 0.6) is 0 Å². The maximum atomic E-state index is 2.31. The Morgan fingerprint density at radius 3 is 1.08 bits per heavy atom. The second-order valence-electron chi connectivity index (χ2n) is 7.25. The van der Waals surface area contributed by atoms with E-state index in [-0.39, 0.29) is 0 Å². The molecular formula is C21H25BNP+2. The van der Waals surface area contributed by atoms with Crippen LogP contribution in [0.1, 0.15) is 0 Å². The number of quaternary nitrogens is 1. The molecule has 3 aromatic rings. The molecule has 1 nitrogen and oxygen atoms in total. The maximum absolute atomic E-state index is 2.31. The number of nitrogens with zero attached hydrogens (tertiary/aromatic N) is 1. The van der Waals surface area contributed by atoms with Gasteiger partial charge in [0.15, 0.2) is 0 Å². The molecule has 0 bridgehead atoms. The Balaban J connectivity index is 2.33. The van der Waals surface area contributed by atoms with Crippen molar-refractivity contribution in [1.82, 2.24) is 0 Å². The van der Waals surface area contributed by atoms with Crippen LogP contribution in [0.4, 0.5) is 0 Å². The summed E-state index contributed by atoms with van der Waals surface area (Å²) < 4.78 is 0.937. The molecule has 0 saturated heterocycles. The van der Waals surface area contributed by atoms with Gasteiger partial charge in [-0.3, -0.25) is 0 Å². The van der Waals surface area contributed by atoms with Gasteiger partial charge in [0.1, 0.15) is 7.14 Å². The zero-order valence-corrected chi connectivity index (χ0v) is 15.7. The summed E-state index contributed by atoms with van der Waals surface area (Å²) in [5.74, 6) is 0. The minimum absolute atomic E-state index is 0.937. The van der Waals surface area contributed by atoms with Crippen LogP contribution in [0.15, 0.2) is 91.0 Å². The van der Waals surface area contributed by atoms with Crippen molar-refractivity contribution < 1.29 is 4.39 Å². The van der Waals surface area contributed by atoms with Gasteiger partial charge in [-0.25, -0.2) is 0 Å². The lowest BCUT2D eigenvalue weighted by Gasteiger charge is -2.31. The molecule has 0 radical (unpaired) electrons. The van der Waals surface area contributed by atoms with Gasteiger partial charge in [-0.05, 0) is 36.4 Å². The van der Waals surface area contributed by atoms with Gasteiger partial charge in [0, 0.05) is 0 Å². The molecule has 0 N–H and O–H groups in total. The molecule has 0 heterocycles. The monoisotopic (exact) mass is 333 g/mol. The Labute approximate surface area is 147 Å². The molecule has 0 fully saturated rings. The fraction of sp³-hybridized carbons (Fsp3) is 0.143. The van der Waals surface area contributed by atoms with Crippen molar-refractivity contribution in [2.75, 3.05) is 21.1 Å². The second kappa shape index (κ2) is 6.93. The highest BCUT2D eigenvalue weighted by Crippen LogP contribution is 2.54.